The molecule has 1 aliphatic carbocycles. The largest absolute Gasteiger partial charge is 0.313 e. The highest BCUT2D eigenvalue weighted by molar-refractivity contribution is 6.15. The predicted molar refractivity (Wildman–Crippen MR) is 252 cm³/mol. The van der Waals surface area contributed by atoms with E-state index in [9.17, 15) is 0 Å². The first-order chi connectivity index (χ1) is 30.7. The topological polar surface area (TPSA) is 59.7 Å². The number of para-hydroxylation sites is 2. The molecule has 6 nitrogen and oxygen atoms in total. The van der Waals surface area contributed by atoms with Crippen LogP contribution in [0.2, 0.25) is 0 Å². The van der Waals surface area contributed by atoms with Crippen LogP contribution in [0.1, 0.15) is 17.9 Å². The minimum Gasteiger partial charge on any atom is -0.313 e. The van der Waals surface area contributed by atoms with Gasteiger partial charge in [0.05, 0.1) is 11.0 Å². The second-order valence-electron chi connectivity index (χ2n) is 15.9. The molecule has 0 saturated heterocycles. The Morgan fingerprint density at radius 2 is 1.10 bits per heavy atom. The van der Waals surface area contributed by atoms with Crippen molar-refractivity contribution in [2.24, 2.45) is 0 Å². The maximum absolute atomic E-state index is 4.97. The number of hydrogen-bond acceptors (Lipinski definition) is 5. The van der Waals surface area contributed by atoms with Crippen molar-refractivity contribution in [3.63, 3.8) is 0 Å². The first-order valence-electron chi connectivity index (χ1n) is 21.1. The van der Waals surface area contributed by atoms with Crippen LogP contribution in [0.15, 0.2) is 218 Å². The third kappa shape index (κ3) is 6.03. The molecule has 2 aliphatic rings. The summed E-state index contributed by atoms with van der Waals surface area (Å²) in [5.41, 5.74) is 15.8. The number of hydrogen-bond donors (Lipinski definition) is 0. The Morgan fingerprint density at radius 1 is 0.468 bits per heavy atom. The summed E-state index contributed by atoms with van der Waals surface area (Å²) in [6.07, 6.45) is 11.5. The lowest BCUT2D eigenvalue weighted by Crippen LogP contribution is -2.14. The van der Waals surface area contributed by atoms with Crippen molar-refractivity contribution in [3.05, 3.63) is 224 Å². The van der Waals surface area contributed by atoms with E-state index in [4.69, 9.17) is 19.9 Å². The van der Waals surface area contributed by atoms with Crippen LogP contribution in [-0.2, 0) is 0 Å². The van der Waals surface area contributed by atoms with Crippen LogP contribution in [0.5, 0.6) is 0 Å². The van der Waals surface area contributed by atoms with Gasteiger partial charge in [-0.05, 0) is 89.3 Å². The zero-order valence-electron chi connectivity index (χ0n) is 33.7. The molecule has 0 spiro atoms. The third-order valence-electron chi connectivity index (χ3n) is 12.2. The fraction of sp³-hybridized carbons (Fsp3) is 0.0357. The molecule has 0 fully saturated rings. The Bertz CT molecular complexity index is 3310. The van der Waals surface area contributed by atoms with Crippen molar-refractivity contribution < 1.29 is 0 Å². The first-order valence-corrected chi connectivity index (χ1v) is 21.1. The highest BCUT2D eigenvalue weighted by Gasteiger charge is 2.35. The number of fused-ring (bicyclic) bond motifs is 6. The smallest absolute Gasteiger partial charge is 0.165 e. The Morgan fingerprint density at radius 3 is 1.84 bits per heavy atom. The van der Waals surface area contributed by atoms with Gasteiger partial charge in [-0.25, -0.2) is 15.0 Å². The van der Waals surface area contributed by atoms with E-state index in [2.05, 4.69) is 149 Å². The minimum atomic E-state index is 0.244. The van der Waals surface area contributed by atoms with Gasteiger partial charge in [0, 0.05) is 74.1 Å². The molecule has 7 aromatic carbocycles. The average Bonchev–Trinajstić information content (AvgIpc) is 3.87. The van der Waals surface area contributed by atoms with Crippen molar-refractivity contribution >= 4 is 33.2 Å². The summed E-state index contributed by atoms with van der Waals surface area (Å²) in [7, 11) is 0. The summed E-state index contributed by atoms with van der Waals surface area (Å²) >= 11 is 0. The normalized spacial score (nSPS) is 14.2. The molecule has 1 unspecified atom stereocenters. The van der Waals surface area contributed by atoms with Crippen LogP contribution in [0.3, 0.4) is 0 Å². The second-order valence-corrected chi connectivity index (χ2v) is 15.9. The van der Waals surface area contributed by atoms with E-state index in [1.807, 2.05) is 73.1 Å². The van der Waals surface area contributed by atoms with E-state index in [0.717, 1.165) is 45.6 Å². The molecule has 0 bridgehead atoms. The molecule has 1 atom stereocenters. The Hall–Kier alpha value is -8.22. The Kier molecular flexibility index (Phi) is 8.52. The van der Waals surface area contributed by atoms with Crippen LogP contribution in [0, 0.1) is 0 Å². The highest BCUT2D eigenvalue weighted by atomic mass is 15.2. The molecule has 3 aromatic heterocycles. The molecule has 0 N–H and O–H groups in total. The highest BCUT2D eigenvalue weighted by Crippen LogP contribution is 2.52. The van der Waals surface area contributed by atoms with E-state index in [-0.39, 0.29) is 5.92 Å². The maximum atomic E-state index is 4.97. The van der Waals surface area contributed by atoms with Gasteiger partial charge in [-0.3, -0.25) is 4.98 Å². The second kappa shape index (κ2) is 14.8. The molecule has 292 valence electrons. The molecule has 0 radical (unpaired) electrons. The quantitative estimate of drug-likeness (QED) is 0.161. The molecule has 12 rings (SSSR count). The van der Waals surface area contributed by atoms with Gasteiger partial charge < -0.3 is 9.47 Å². The fourth-order valence-corrected chi connectivity index (χ4v) is 9.34. The van der Waals surface area contributed by atoms with Crippen LogP contribution in [-0.4, -0.2) is 24.5 Å². The SMILES string of the molecule is C1=CCC2C(=C1)N(c1ccc(-c3cccc4c3c3ccccc3n4-c3ccccc3)cc1)c1ccc(-c3cncc(-c4nc(-c5ccccc5)nc(-c5ccccc5)n4)c3)cc12. The summed E-state index contributed by atoms with van der Waals surface area (Å²) in [4.78, 5) is 22.0. The number of rotatable bonds is 7. The fourth-order valence-electron chi connectivity index (χ4n) is 9.34. The van der Waals surface area contributed by atoms with E-state index in [1.165, 1.54) is 49.9 Å². The maximum Gasteiger partial charge on any atom is 0.165 e. The molecule has 1 aliphatic heterocycles. The number of allylic oxidation sites excluding steroid dienone is 4. The summed E-state index contributed by atoms with van der Waals surface area (Å²) in [6.45, 7) is 0. The van der Waals surface area contributed by atoms with Gasteiger partial charge in [0.2, 0.25) is 0 Å². The van der Waals surface area contributed by atoms with E-state index in [1.54, 1.807) is 0 Å². The van der Waals surface area contributed by atoms with E-state index >= 15 is 0 Å². The van der Waals surface area contributed by atoms with Gasteiger partial charge in [0.25, 0.3) is 0 Å². The molecule has 4 heterocycles. The standard InChI is InChI=1S/C56H38N6/c1-4-15-38(16-5-1)54-58-55(39-17-6-2-7-18-39)60-56(59-54)42-33-41(35-57-36-42)40-29-32-51-48(34-40)46-21-10-12-24-49(46)61(51)44-30-27-37(28-31-44)45-23-14-26-52-53(45)47-22-11-13-25-50(47)62(52)43-19-8-3-9-20-43/h1-20,22-36,46H,21H2. The van der Waals surface area contributed by atoms with Crippen LogP contribution >= 0.6 is 0 Å². The zero-order valence-corrected chi connectivity index (χ0v) is 33.7. The minimum absolute atomic E-state index is 0.244. The molecule has 62 heavy (non-hydrogen) atoms. The van der Waals surface area contributed by atoms with E-state index < -0.39 is 0 Å². The average molecular weight is 795 g/mol. The molecule has 0 amide bonds. The van der Waals surface area contributed by atoms with Gasteiger partial charge in [-0.2, -0.15) is 0 Å². The Labute approximate surface area is 359 Å². The van der Waals surface area contributed by atoms with E-state index in [0.29, 0.717) is 17.5 Å². The van der Waals surface area contributed by atoms with Gasteiger partial charge in [0.15, 0.2) is 17.5 Å². The van der Waals surface area contributed by atoms with Crippen LogP contribution < -0.4 is 4.90 Å². The van der Waals surface area contributed by atoms with Gasteiger partial charge in [-0.15, -0.1) is 0 Å². The molecule has 6 heteroatoms. The number of pyridine rings is 1. The zero-order chi connectivity index (χ0) is 41.0. The number of anilines is 2. The summed E-state index contributed by atoms with van der Waals surface area (Å²) < 4.78 is 2.38. The van der Waals surface area contributed by atoms with Crippen molar-refractivity contribution in [1.82, 2.24) is 24.5 Å². The summed E-state index contributed by atoms with van der Waals surface area (Å²) in [6, 6.07) is 64.3. The summed E-state index contributed by atoms with van der Waals surface area (Å²) in [5.74, 6) is 2.09. The lowest BCUT2D eigenvalue weighted by molar-refractivity contribution is 0.820. The van der Waals surface area contributed by atoms with Gasteiger partial charge >= 0.3 is 0 Å². The molecule has 10 aromatic rings. The van der Waals surface area contributed by atoms with Gasteiger partial charge in [0.1, 0.15) is 0 Å². The number of aromatic nitrogens is 5. The van der Waals surface area contributed by atoms with Crippen LogP contribution in [0.25, 0.3) is 83.9 Å². The van der Waals surface area contributed by atoms with Crippen LogP contribution in [0.4, 0.5) is 11.4 Å². The lowest BCUT2D eigenvalue weighted by atomic mass is 9.90. The van der Waals surface area contributed by atoms with Crippen molar-refractivity contribution in [2.75, 3.05) is 4.90 Å². The van der Waals surface area contributed by atoms with Crippen molar-refractivity contribution in [3.8, 4) is 62.1 Å². The van der Waals surface area contributed by atoms with Crippen molar-refractivity contribution in [1.29, 1.82) is 0 Å². The third-order valence-corrected chi connectivity index (χ3v) is 12.2. The monoisotopic (exact) mass is 794 g/mol. The molecule has 0 saturated carbocycles. The van der Waals surface area contributed by atoms with Crippen molar-refractivity contribution in [2.45, 2.75) is 12.3 Å². The molecular weight excluding hydrogens is 757 g/mol. The molecular formula is C56H38N6. The number of nitrogens with zero attached hydrogens (tertiary/aromatic N) is 6. The number of benzene rings is 7. The first kappa shape index (κ1) is 35.7. The summed E-state index contributed by atoms with van der Waals surface area (Å²) in [5, 5.41) is 2.52. The Balaban J connectivity index is 0.906. The van der Waals surface area contributed by atoms with Gasteiger partial charge in [-0.1, -0.05) is 140 Å². The predicted octanol–water partition coefficient (Wildman–Crippen LogP) is 13.8. The lowest BCUT2D eigenvalue weighted by Gasteiger charge is -2.24.